The van der Waals surface area contributed by atoms with E-state index in [0.29, 0.717) is 5.75 Å². The molecule has 2 N–H and O–H groups in total. The van der Waals surface area contributed by atoms with Gasteiger partial charge in [0.15, 0.2) is 6.61 Å². The lowest BCUT2D eigenvalue weighted by atomic mass is 9.74. The third-order valence-corrected chi connectivity index (χ3v) is 4.26. The number of carboxylic acid groups (broad SMARTS) is 1. The number of nitrogens with one attached hydrogen (secondary N) is 1. The highest BCUT2D eigenvalue weighted by Gasteiger charge is 2.44. The summed E-state index contributed by atoms with van der Waals surface area (Å²) in [5, 5.41) is 11.9. The number of carbonyl (C=O) groups is 2. The fourth-order valence-corrected chi connectivity index (χ4v) is 1.75. The van der Waals surface area contributed by atoms with E-state index >= 15 is 0 Å². The van der Waals surface area contributed by atoms with E-state index in [9.17, 15) is 14.7 Å². The molecule has 1 aromatic carbocycles. The first-order valence-electron chi connectivity index (χ1n) is 6.49. The molecule has 21 heavy (non-hydrogen) atoms. The molecule has 0 fully saturated rings. The summed E-state index contributed by atoms with van der Waals surface area (Å²) in [6.07, 6.45) is 0. The Balaban J connectivity index is 2.61. The van der Waals surface area contributed by atoms with Gasteiger partial charge >= 0.3 is 5.97 Å². The van der Waals surface area contributed by atoms with E-state index in [4.69, 9.17) is 4.74 Å². The summed E-state index contributed by atoms with van der Waals surface area (Å²) in [7, 11) is 0. The molecule has 0 aliphatic heterocycles. The molecule has 0 bridgehead atoms. The summed E-state index contributed by atoms with van der Waals surface area (Å²) < 4.78 is 6.28. The molecule has 0 unspecified atom stereocenters. The minimum atomic E-state index is -1.10. The summed E-state index contributed by atoms with van der Waals surface area (Å²) in [4.78, 5) is 23.2. The van der Waals surface area contributed by atoms with Gasteiger partial charge in [-0.2, -0.15) is 0 Å². The maximum atomic E-state index is 11.9. The first-order chi connectivity index (χ1) is 9.56. The van der Waals surface area contributed by atoms with Crippen molar-refractivity contribution >= 4 is 27.8 Å². The number of aliphatic carboxylic acids is 1. The molecule has 0 radical (unpaired) electrons. The fourth-order valence-electron chi connectivity index (χ4n) is 1.49. The quantitative estimate of drug-likeness (QED) is 0.820. The molecule has 5 nitrogen and oxygen atoms in total. The number of carboxylic acids is 1. The second-order valence-electron chi connectivity index (χ2n) is 5.85. The van der Waals surface area contributed by atoms with Gasteiger partial charge in [-0.05, 0) is 52.0 Å². The van der Waals surface area contributed by atoms with Crippen LogP contribution in [0.25, 0.3) is 0 Å². The van der Waals surface area contributed by atoms with E-state index in [1.807, 2.05) is 12.1 Å². The Hall–Kier alpha value is -1.56. The topological polar surface area (TPSA) is 75.6 Å². The van der Waals surface area contributed by atoms with Crippen molar-refractivity contribution in [2.75, 3.05) is 6.61 Å². The van der Waals surface area contributed by atoms with Crippen LogP contribution in [-0.4, -0.2) is 29.1 Å². The van der Waals surface area contributed by atoms with Crippen LogP contribution in [0.5, 0.6) is 5.75 Å². The molecule has 0 saturated heterocycles. The zero-order valence-electron chi connectivity index (χ0n) is 12.6. The van der Waals surface area contributed by atoms with Crippen LogP contribution in [0.2, 0.25) is 0 Å². The second-order valence-corrected chi connectivity index (χ2v) is 6.76. The van der Waals surface area contributed by atoms with Gasteiger partial charge in [-0.15, -0.1) is 0 Å². The summed E-state index contributed by atoms with van der Waals surface area (Å²) in [6.45, 7) is 6.34. The largest absolute Gasteiger partial charge is 0.484 e. The number of hydrogen-bond donors (Lipinski definition) is 2. The van der Waals surface area contributed by atoms with Crippen molar-refractivity contribution in [1.29, 1.82) is 0 Å². The molecule has 0 aliphatic rings. The van der Waals surface area contributed by atoms with Crippen LogP contribution in [0.4, 0.5) is 0 Å². The van der Waals surface area contributed by atoms with E-state index in [1.165, 1.54) is 0 Å². The SMILES string of the molecule is CC(C)(NC(=O)COc1ccc(Br)cc1)C(C)(C)C(=O)O. The zero-order chi connectivity index (χ0) is 16.3. The minimum Gasteiger partial charge on any atom is -0.484 e. The molecule has 6 heteroatoms. The van der Waals surface area contributed by atoms with E-state index in [1.54, 1.807) is 39.8 Å². The summed E-state index contributed by atoms with van der Waals surface area (Å²) in [5.74, 6) is -0.762. The van der Waals surface area contributed by atoms with Crippen molar-refractivity contribution in [2.45, 2.75) is 33.2 Å². The zero-order valence-corrected chi connectivity index (χ0v) is 14.2. The third kappa shape index (κ3) is 4.46. The van der Waals surface area contributed by atoms with Crippen LogP contribution in [0.1, 0.15) is 27.7 Å². The van der Waals surface area contributed by atoms with E-state index in [0.717, 1.165) is 4.47 Å². The molecule has 1 aromatic rings. The van der Waals surface area contributed by atoms with Gasteiger partial charge in [0.25, 0.3) is 5.91 Å². The second kappa shape index (κ2) is 6.47. The first-order valence-corrected chi connectivity index (χ1v) is 7.28. The van der Waals surface area contributed by atoms with Crippen LogP contribution in [0.15, 0.2) is 28.7 Å². The number of carbonyl (C=O) groups excluding carboxylic acids is 1. The smallest absolute Gasteiger partial charge is 0.311 e. The van der Waals surface area contributed by atoms with E-state index < -0.39 is 16.9 Å². The predicted molar refractivity (Wildman–Crippen MR) is 83.3 cm³/mol. The van der Waals surface area contributed by atoms with Crippen LogP contribution < -0.4 is 10.1 Å². The Kier molecular flexibility index (Phi) is 5.39. The molecule has 0 heterocycles. The summed E-state index contributed by atoms with van der Waals surface area (Å²) >= 11 is 3.31. The Morgan fingerprint density at radius 2 is 1.71 bits per heavy atom. The van der Waals surface area contributed by atoms with Crippen LogP contribution in [0.3, 0.4) is 0 Å². The molecule has 116 valence electrons. The van der Waals surface area contributed by atoms with Crippen molar-refractivity contribution in [1.82, 2.24) is 5.32 Å². The van der Waals surface area contributed by atoms with E-state index in [-0.39, 0.29) is 12.5 Å². The lowest BCUT2D eigenvalue weighted by Gasteiger charge is -2.38. The number of hydrogen-bond acceptors (Lipinski definition) is 3. The highest BCUT2D eigenvalue weighted by molar-refractivity contribution is 9.10. The standard InChI is InChI=1S/C15H20BrNO4/c1-14(2,13(19)20)15(3,4)17-12(18)9-21-11-7-5-10(16)6-8-11/h5-8H,9H2,1-4H3,(H,17,18)(H,19,20). The molecule has 1 rings (SSSR count). The van der Waals surface area contributed by atoms with Crippen molar-refractivity contribution in [3.8, 4) is 5.75 Å². The van der Waals surface area contributed by atoms with Crippen LogP contribution in [-0.2, 0) is 9.59 Å². The highest BCUT2D eigenvalue weighted by Crippen LogP contribution is 2.30. The van der Waals surface area contributed by atoms with Gasteiger partial charge in [-0.25, -0.2) is 0 Å². The molecular weight excluding hydrogens is 338 g/mol. The lowest BCUT2D eigenvalue weighted by Crippen LogP contribution is -2.57. The van der Waals surface area contributed by atoms with Crippen molar-refractivity contribution in [3.63, 3.8) is 0 Å². The van der Waals surface area contributed by atoms with Crippen LogP contribution in [0, 0.1) is 5.41 Å². The molecule has 0 atom stereocenters. The van der Waals surface area contributed by atoms with Gasteiger partial charge in [-0.1, -0.05) is 15.9 Å². The normalized spacial score (nSPS) is 11.9. The average molecular weight is 358 g/mol. The Bertz CT molecular complexity index is 523. The van der Waals surface area contributed by atoms with Gasteiger partial charge in [0.05, 0.1) is 11.0 Å². The lowest BCUT2D eigenvalue weighted by molar-refractivity contribution is -0.152. The molecule has 0 aliphatic carbocycles. The molecule has 0 aromatic heterocycles. The minimum absolute atomic E-state index is 0.166. The van der Waals surface area contributed by atoms with Crippen molar-refractivity contribution in [3.05, 3.63) is 28.7 Å². The molecular formula is C15H20BrNO4. The van der Waals surface area contributed by atoms with Gasteiger partial charge in [0, 0.05) is 4.47 Å². The fraction of sp³-hybridized carbons (Fsp3) is 0.467. The highest BCUT2D eigenvalue weighted by atomic mass is 79.9. The number of ether oxygens (including phenoxy) is 1. The number of rotatable bonds is 6. The Labute approximate surface area is 132 Å². The molecule has 0 spiro atoms. The van der Waals surface area contributed by atoms with Crippen LogP contribution >= 0.6 is 15.9 Å². The van der Waals surface area contributed by atoms with Crippen molar-refractivity contribution in [2.24, 2.45) is 5.41 Å². The monoisotopic (exact) mass is 357 g/mol. The Morgan fingerprint density at radius 3 is 2.19 bits per heavy atom. The first kappa shape index (κ1) is 17.5. The third-order valence-electron chi connectivity index (χ3n) is 3.73. The van der Waals surface area contributed by atoms with E-state index in [2.05, 4.69) is 21.2 Å². The number of benzene rings is 1. The summed E-state index contributed by atoms with van der Waals surface area (Å²) in [5.41, 5.74) is -2.00. The number of halogens is 1. The average Bonchev–Trinajstić information content (AvgIpc) is 2.37. The van der Waals surface area contributed by atoms with Gasteiger partial charge in [0.1, 0.15) is 5.75 Å². The predicted octanol–water partition coefficient (Wildman–Crippen LogP) is 2.83. The van der Waals surface area contributed by atoms with Crippen molar-refractivity contribution < 1.29 is 19.4 Å². The van der Waals surface area contributed by atoms with Gasteiger partial charge in [0.2, 0.25) is 0 Å². The molecule has 1 amide bonds. The molecule has 0 saturated carbocycles. The summed E-state index contributed by atoms with van der Waals surface area (Å²) in [6, 6.07) is 7.10. The Morgan fingerprint density at radius 1 is 1.19 bits per heavy atom. The maximum Gasteiger partial charge on any atom is 0.311 e. The van der Waals surface area contributed by atoms with Gasteiger partial charge < -0.3 is 15.2 Å². The maximum absolute atomic E-state index is 11.9. The van der Waals surface area contributed by atoms with Gasteiger partial charge in [-0.3, -0.25) is 9.59 Å². The number of amides is 1.